The first-order valence-electron chi connectivity index (χ1n) is 8.66. The van der Waals surface area contributed by atoms with Crippen LogP contribution in [0, 0.1) is 0 Å². The van der Waals surface area contributed by atoms with Gasteiger partial charge in [-0.3, -0.25) is 4.98 Å². The standard InChI is InChI=1S/C19H17F3N4O/c20-19(21,22)13-5-3-12(4-6-13)17-16-11-23-8-7-15(16)18(26-25-17)24-10-14-2-1-9-27-14/h3-8,11,14H,1-2,9-10H2,(H,24,26). The third-order valence-electron chi connectivity index (χ3n) is 4.59. The average molecular weight is 374 g/mol. The summed E-state index contributed by atoms with van der Waals surface area (Å²) in [5.41, 5.74) is 0.352. The fourth-order valence-corrected chi connectivity index (χ4v) is 3.17. The molecule has 0 spiro atoms. The van der Waals surface area contributed by atoms with Gasteiger partial charge in [0.25, 0.3) is 0 Å². The Hall–Kier alpha value is -2.74. The fourth-order valence-electron chi connectivity index (χ4n) is 3.17. The van der Waals surface area contributed by atoms with Crippen molar-refractivity contribution < 1.29 is 17.9 Å². The molecule has 3 aromatic rings. The molecule has 1 aliphatic heterocycles. The number of aromatic nitrogens is 3. The number of fused-ring (bicyclic) bond motifs is 1. The van der Waals surface area contributed by atoms with Crippen molar-refractivity contribution in [2.75, 3.05) is 18.5 Å². The number of rotatable bonds is 4. The molecule has 1 unspecified atom stereocenters. The molecule has 2 aromatic heterocycles. The van der Waals surface area contributed by atoms with Crippen LogP contribution in [0.4, 0.5) is 19.0 Å². The lowest BCUT2D eigenvalue weighted by Crippen LogP contribution is -2.19. The number of nitrogens with zero attached hydrogens (tertiary/aromatic N) is 3. The normalized spacial score (nSPS) is 17.4. The topological polar surface area (TPSA) is 59.9 Å². The molecule has 0 bridgehead atoms. The number of alkyl halides is 3. The predicted molar refractivity (Wildman–Crippen MR) is 95.2 cm³/mol. The number of pyridine rings is 1. The van der Waals surface area contributed by atoms with Crippen LogP contribution in [-0.4, -0.2) is 34.4 Å². The van der Waals surface area contributed by atoms with E-state index < -0.39 is 11.7 Å². The molecule has 1 fully saturated rings. The zero-order chi connectivity index (χ0) is 18.9. The number of hydrogen-bond donors (Lipinski definition) is 1. The molecule has 8 heteroatoms. The maximum atomic E-state index is 12.8. The highest BCUT2D eigenvalue weighted by Crippen LogP contribution is 2.33. The first-order valence-corrected chi connectivity index (χ1v) is 8.66. The van der Waals surface area contributed by atoms with Gasteiger partial charge in [-0.15, -0.1) is 10.2 Å². The Balaban J connectivity index is 1.67. The number of anilines is 1. The maximum absolute atomic E-state index is 12.8. The van der Waals surface area contributed by atoms with Gasteiger partial charge in [0.05, 0.1) is 11.7 Å². The minimum absolute atomic E-state index is 0.151. The van der Waals surface area contributed by atoms with E-state index >= 15 is 0 Å². The molecule has 1 aromatic carbocycles. The van der Waals surface area contributed by atoms with Gasteiger partial charge in [-0.25, -0.2) is 0 Å². The predicted octanol–water partition coefficient (Wildman–Crippen LogP) is 4.30. The van der Waals surface area contributed by atoms with E-state index in [2.05, 4.69) is 20.5 Å². The van der Waals surface area contributed by atoms with E-state index in [1.165, 1.54) is 12.1 Å². The molecule has 1 aliphatic rings. The van der Waals surface area contributed by atoms with Crippen molar-refractivity contribution in [3.63, 3.8) is 0 Å². The minimum Gasteiger partial charge on any atom is -0.376 e. The van der Waals surface area contributed by atoms with Crippen LogP contribution in [0.5, 0.6) is 0 Å². The van der Waals surface area contributed by atoms with Gasteiger partial charge >= 0.3 is 6.18 Å². The van der Waals surface area contributed by atoms with Crippen molar-refractivity contribution in [3.8, 4) is 11.3 Å². The molecule has 0 amide bonds. The van der Waals surface area contributed by atoms with Gasteiger partial charge in [-0.2, -0.15) is 13.2 Å². The van der Waals surface area contributed by atoms with Crippen LogP contribution < -0.4 is 5.32 Å². The molecule has 3 heterocycles. The largest absolute Gasteiger partial charge is 0.416 e. The molecular weight excluding hydrogens is 357 g/mol. The smallest absolute Gasteiger partial charge is 0.376 e. The van der Waals surface area contributed by atoms with E-state index in [9.17, 15) is 13.2 Å². The SMILES string of the molecule is FC(F)(F)c1ccc(-c2nnc(NCC3CCCO3)c3ccncc23)cc1. The second kappa shape index (κ2) is 7.11. The highest BCUT2D eigenvalue weighted by atomic mass is 19.4. The van der Waals surface area contributed by atoms with Gasteiger partial charge in [0.15, 0.2) is 5.82 Å². The molecular formula is C19H17F3N4O. The second-order valence-corrected chi connectivity index (χ2v) is 6.41. The van der Waals surface area contributed by atoms with Crippen molar-refractivity contribution in [1.29, 1.82) is 0 Å². The Morgan fingerprint density at radius 1 is 1.07 bits per heavy atom. The second-order valence-electron chi connectivity index (χ2n) is 6.41. The molecule has 1 atom stereocenters. The van der Waals surface area contributed by atoms with Crippen molar-refractivity contribution in [3.05, 3.63) is 48.3 Å². The van der Waals surface area contributed by atoms with E-state index in [1.54, 1.807) is 12.4 Å². The van der Waals surface area contributed by atoms with Crippen LogP contribution in [0.2, 0.25) is 0 Å². The highest BCUT2D eigenvalue weighted by Gasteiger charge is 2.30. The molecule has 0 aliphatic carbocycles. The number of ether oxygens (including phenoxy) is 1. The molecule has 27 heavy (non-hydrogen) atoms. The number of hydrogen-bond acceptors (Lipinski definition) is 5. The van der Waals surface area contributed by atoms with Gasteiger partial charge in [-0.05, 0) is 31.0 Å². The maximum Gasteiger partial charge on any atom is 0.416 e. The summed E-state index contributed by atoms with van der Waals surface area (Å²) in [7, 11) is 0. The zero-order valence-electron chi connectivity index (χ0n) is 14.3. The van der Waals surface area contributed by atoms with Gasteiger partial charge in [-0.1, -0.05) is 12.1 Å². The van der Waals surface area contributed by atoms with E-state index in [-0.39, 0.29) is 6.10 Å². The van der Waals surface area contributed by atoms with Crippen LogP contribution in [0.3, 0.4) is 0 Å². The molecule has 1 N–H and O–H groups in total. The number of halogens is 3. The third kappa shape index (κ3) is 3.71. The molecule has 5 nitrogen and oxygen atoms in total. The summed E-state index contributed by atoms with van der Waals surface area (Å²) in [6.07, 6.45) is 1.13. The summed E-state index contributed by atoms with van der Waals surface area (Å²) in [5.74, 6) is 0.610. The highest BCUT2D eigenvalue weighted by molar-refractivity contribution is 5.99. The van der Waals surface area contributed by atoms with Gasteiger partial charge in [0.2, 0.25) is 0 Å². The monoisotopic (exact) mass is 374 g/mol. The van der Waals surface area contributed by atoms with E-state index in [0.29, 0.717) is 23.6 Å². The summed E-state index contributed by atoms with van der Waals surface area (Å²) in [6.45, 7) is 1.40. The van der Waals surface area contributed by atoms with Gasteiger partial charge in [0, 0.05) is 41.9 Å². The van der Waals surface area contributed by atoms with E-state index in [0.717, 1.165) is 42.4 Å². The van der Waals surface area contributed by atoms with Crippen LogP contribution in [0.1, 0.15) is 18.4 Å². The third-order valence-corrected chi connectivity index (χ3v) is 4.59. The quantitative estimate of drug-likeness (QED) is 0.738. The van der Waals surface area contributed by atoms with E-state index in [1.807, 2.05) is 6.07 Å². The minimum atomic E-state index is -4.37. The Morgan fingerprint density at radius 3 is 2.59 bits per heavy atom. The van der Waals surface area contributed by atoms with E-state index in [4.69, 9.17) is 4.74 Å². The Morgan fingerprint density at radius 2 is 1.89 bits per heavy atom. The van der Waals surface area contributed by atoms with Crippen LogP contribution in [0.25, 0.3) is 22.0 Å². The lowest BCUT2D eigenvalue weighted by Gasteiger charge is -2.14. The van der Waals surface area contributed by atoms with Crippen LogP contribution in [-0.2, 0) is 10.9 Å². The Kier molecular flexibility index (Phi) is 4.65. The molecule has 0 radical (unpaired) electrons. The number of nitrogens with one attached hydrogen (secondary N) is 1. The summed E-state index contributed by atoms with van der Waals surface area (Å²) in [5, 5.41) is 13.3. The molecule has 4 rings (SSSR count). The Labute approximate surface area is 153 Å². The lowest BCUT2D eigenvalue weighted by molar-refractivity contribution is -0.137. The zero-order valence-corrected chi connectivity index (χ0v) is 14.3. The first-order chi connectivity index (χ1) is 13.0. The van der Waals surface area contributed by atoms with Crippen molar-refractivity contribution >= 4 is 16.6 Å². The Bertz CT molecular complexity index is 938. The van der Waals surface area contributed by atoms with Crippen LogP contribution in [0.15, 0.2) is 42.7 Å². The average Bonchev–Trinajstić information content (AvgIpc) is 3.19. The summed E-state index contributed by atoms with van der Waals surface area (Å²) >= 11 is 0. The van der Waals surface area contributed by atoms with Crippen LogP contribution >= 0.6 is 0 Å². The van der Waals surface area contributed by atoms with Gasteiger partial charge < -0.3 is 10.1 Å². The lowest BCUT2D eigenvalue weighted by atomic mass is 10.0. The first kappa shape index (κ1) is 17.7. The number of benzene rings is 1. The van der Waals surface area contributed by atoms with Crippen molar-refractivity contribution in [1.82, 2.24) is 15.2 Å². The summed E-state index contributed by atoms with van der Waals surface area (Å²) < 4.78 is 44.0. The molecule has 0 saturated carbocycles. The van der Waals surface area contributed by atoms with Gasteiger partial charge in [0.1, 0.15) is 5.69 Å². The summed E-state index contributed by atoms with van der Waals surface area (Å²) in [6, 6.07) is 6.71. The molecule has 140 valence electrons. The summed E-state index contributed by atoms with van der Waals surface area (Å²) in [4.78, 5) is 4.13. The molecule has 1 saturated heterocycles. The van der Waals surface area contributed by atoms with Crippen molar-refractivity contribution in [2.24, 2.45) is 0 Å². The fraction of sp³-hybridized carbons (Fsp3) is 0.316. The van der Waals surface area contributed by atoms with Crippen molar-refractivity contribution in [2.45, 2.75) is 25.1 Å².